The molecule has 0 bridgehead atoms. The molecular weight excluding hydrogens is 408 g/mol. The third-order valence-corrected chi connectivity index (χ3v) is 6.83. The van der Waals surface area contributed by atoms with Crippen LogP contribution in [0.4, 0.5) is 5.95 Å². The number of hydrogen-bond acceptors (Lipinski definition) is 8. The number of hydrogen-bond donors (Lipinski definition) is 0. The van der Waals surface area contributed by atoms with Gasteiger partial charge < -0.3 is 9.80 Å². The molecule has 30 heavy (non-hydrogen) atoms. The molecule has 0 N–H and O–H groups in total. The standard InChI is InChI=1S/C18H26N8O3S/c1-30(28,29)25-13-11-23(12-14-25)17(27)15-22-7-9-24(10-8-22)18-19-20-21-26(18)16-5-3-2-4-6-16/h2-6H,7-15H2,1H3. The van der Waals surface area contributed by atoms with Crippen molar-refractivity contribution >= 4 is 21.9 Å². The average Bonchev–Trinajstić information content (AvgIpc) is 3.24. The Hall–Kier alpha value is -2.57. The second kappa shape index (κ2) is 8.66. The SMILES string of the molecule is CS(=O)(=O)N1CCN(C(=O)CN2CCN(c3nnnn3-c3ccccc3)CC2)CC1. The summed E-state index contributed by atoms with van der Waals surface area (Å²) in [5, 5.41) is 12.1. The Bertz CT molecular complexity index is 964. The van der Waals surface area contributed by atoms with Gasteiger partial charge in [-0.1, -0.05) is 23.3 Å². The van der Waals surface area contributed by atoms with E-state index in [2.05, 4.69) is 25.3 Å². The lowest BCUT2D eigenvalue weighted by atomic mass is 10.3. The summed E-state index contributed by atoms with van der Waals surface area (Å²) >= 11 is 0. The van der Waals surface area contributed by atoms with Crippen LogP contribution < -0.4 is 4.90 Å². The topological polar surface area (TPSA) is 108 Å². The first kappa shape index (κ1) is 20.7. The third kappa shape index (κ3) is 4.60. The second-order valence-corrected chi connectivity index (χ2v) is 9.51. The predicted octanol–water partition coefficient (Wildman–Crippen LogP) is -1.11. The van der Waals surface area contributed by atoms with Crippen molar-refractivity contribution in [3.8, 4) is 5.69 Å². The van der Waals surface area contributed by atoms with Crippen LogP contribution in [-0.2, 0) is 14.8 Å². The molecule has 0 atom stereocenters. The molecule has 2 aliphatic heterocycles. The van der Waals surface area contributed by atoms with Gasteiger partial charge in [-0.15, -0.1) is 0 Å². The van der Waals surface area contributed by atoms with Crippen molar-refractivity contribution in [3.63, 3.8) is 0 Å². The number of sulfonamides is 1. The highest BCUT2D eigenvalue weighted by Crippen LogP contribution is 2.17. The van der Waals surface area contributed by atoms with Crippen molar-refractivity contribution in [2.24, 2.45) is 0 Å². The number of piperazine rings is 2. The summed E-state index contributed by atoms with van der Waals surface area (Å²) in [6, 6.07) is 9.75. The van der Waals surface area contributed by atoms with E-state index in [4.69, 9.17) is 0 Å². The van der Waals surface area contributed by atoms with Crippen molar-refractivity contribution in [2.45, 2.75) is 0 Å². The number of carbonyl (C=O) groups excluding carboxylic acids is 1. The Kier molecular flexibility index (Phi) is 5.97. The molecule has 0 radical (unpaired) electrons. The number of benzene rings is 1. The lowest BCUT2D eigenvalue weighted by Crippen LogP contribution is -2.54. The van der Waals surface area contributed by atoms with Crippen LogP contribution in [0.3, 0.4) is 0 Å². The fourth-order valence-corrected chi connectivity index (χ4v) is 4.61. The summed E-state index contributed by atoms with van der Waals surface area (Å²) in [5.41, 5.74) is 0.906. The number of carbonyl (C=O) groups is 1. The highest BCUT2D eigenvalue weighted by atomic mass is 32.2. The fourth-order valence-electron chi connectivity index (χ4n) is 3.78. The third-order valence-electron chi connectivity index (χ3n) is 5.53. The molecule has 3 heterocycles. The van der Waals surface area contributed by atoms with E-state index in [0.717, 1.165) is 31.9 Å². The Labute approximate surface area is 175 Å². The summed E-state index contributed by atoms with van der Waals surface area (Å²) in [4.78, 5) is 18.6. The van der Waals surface area contributed by atoms with Crippen LogP contribution in [0.2, 0.25) is 0 Å². The average molecular weight is 435 g/mol. The Morgan fingerprint density at radius 2 is 1.63 bits per heavy atom. The summed E-state index contributed by atoms with van der Waals surface area (Å²) in [5.74, 6) is 0.745. The lowest BCUT2D eigenvalue weighted by Gasteiger charge is -2.37. The molecule has 162 valence electrons. The van der Waals surface area contributed by atoms with E-state index in [9.17, 15) is 13.2 Å². The zero-order chi connectivity index (χ0) is 21.1. The van der Waals surface area contributed by atoms with E-state index in [-0.39, 0.29) is 5.91 Å². The van der Waals surface area contributed by atoms with Crippen LogP contribution in [0.5, 0.6) is 0 Å². The van der Waals surface area contributed by atoms with E-state index in [0.29, 0.717) is 38.7 Å². The van der Waals surface area contributed by atoms with Crippen LogP contribution in [0, 0.1) is 0 Å². The molecule has 4 rings (SSSR count). The first-order chi connectivity index (χ1) is 14.4. The van der Waals surface area contributed by atoms with Gasteiger partial charge in [0.1, 0.15) is 0 Å². The molecule has 1 amide bonds. The minimum absolute atomic E-state index is 0.0470. The van der Waals surface area contributed by atoms with Crippen LogP contribution in [0.25, 0.3) is 5.69 Å². The molecule has 0 unspecified atom stereocenters. The first-order valence-corrected chi connectivity index (χ1v) is 11.8. The molecule has 2 fully saturated rings. The number of amides is 1. The Morgan fingerprint density at radius 1 is 0.967 bits per heavy atom. The number of nitrogens with zero attached hydrogens (tertiary/aromatic N) is 8. The van der Waals surface area contributed by atoms with E-state index in [1.165, 1.54) is 10.6 Å². The molecule has 0 spiro atoms. The molecule has 2 aliphatic rings. The number of tetrazole rings is 1. The number of aromatic nitrogens is 4. The molecule has 2 aromatic rings. The van der Waals surface area contributed by atoms with Gasteiger partial charge in [0.25, 0.3) is 0 Å². The van der Waals surface area contributed by atoms with E-state index in [1.54, 1.807) is 9.58 Å². The lowest BCUT2D eigenvalue weighted by molar-refractivity contribution is -0.133. The molecule has 2 saturated heterocycles. The van der Waals surface area contributed by atoms with Crippen molar-refractivity contribution in [3.05, 3.63) is 30.3 Å². The molecule has 1 aromatic heterocycles. The zero-order valence-corrected chi connectivity index (χ0v) is 17.8. The van der Waals surface area contributed by atoms with E-state index in [1.807, 2.05) is 30.3 Å². The van der Waals surface area contributed by atoms with Crippen LogP contribution >= 0.6 is 0 Å². The maximum atomic E-state index is 12.6. The first-order valence-electron chi connectivity index (χ1n) is 9.96. The Morgan fingerprint density at radius 3 is 2.27 bits per heavy atom. The van der Waals surface area contributed by atoms with Gasteiger partial charge >= 0.3 is 0 Å². The largest absolute Gasteiger partial charge is 0.339 e. The minimum Gasteiger partial charge on any atom is -0.339 e. The van der Waals surface area contributed by atoms with Gasteiger partial charge in [0.05, 0.1) is 18.5 Å². The van der Waals surface area contributed by atoms with Gasteiger partial charge in [-0.3, -0.25) is 9.69 Å². The van der Waals surface area contributed by atoms with Gasteiger partial charge in [-0.2, -0.15) is 8.99 Å². The van der Waals surface area contributed by atoms with Crippen LogP contribution in [0.1, 0.15) is 0 Å². The second-order valence-electron chi connectivity index (χ2n) is 7.53. The summed E-state index contributed by atoms with van der Waals surface area (Å²) < 4.78 is 26.4. The number of rotatable bonds is 5. The van der Waals surface area contributed by atoms with Gasteiger partial charge in [0, 0.05) is 52.4 Å². The predicted molar refractivity (Wildman–Crippen MR) is 111 cm³/mol. The van der Waals surface area contributed by atoms with Crippen molar-refractivity contribution < 1.29 is 13.2 Å². The Balaban J connectivity index is 1.29. The fraction of sp³-hybridized carbons (Fsp3) is 0.556. The molecule has 12 heteroatoms. The molecule has 1 aromatic carbocycles. The van der Waals surface area contributed by atoms with Crippen LogP contribution in [-0.4, -0.2) is 114 Å². The van der Waals surface area contributed by atoms with Gasteiger partial charge in [0.15, 0.2) is 0 Å². The molecule has 0 saturated carbocycles. The highest BCUT2D eigenvalue weighted by molar-refractivity contribution is 7.88. The highest BCUT2D eigenvalue weighted by Gasteiger charge is 2.28. The summed E-state index contributed by atoms with van der Waals surface area (Å²) in [6.45, 7) is 4.87. The quantitative estimate of drug-likeness (QED) is 0.583. The van der Waals surface area contributed by atoms with E-state index >= 15 is 0 Å². The zero-order valence-electron chi connectivity index (χ0n) is 17.0. The number of anilines is 1. The van der Waals surface area contributed by atoms with Crippen LogP contribution in [0.15, 0.2) is 30.3 Å². The molecule has 0 aliphatic carbocycles. The normalized spacial score (nSPS) is 19.2. The monoisotopic (exact) mass is 434 g/mol. The van der Waals surface area contributed by atoms with Gasteiger partial charge in [0.2, 0.25) is 21.9 Å². The number of para-hydroxylation sites is 1. The summed E-state index contributed by atoms with van der Waals surface area (Å²) in [6.07, 6.45) is 1.21. The molecular formula is C18H26N8O3S. The van der Waals surface area contributed by atoms with Crippen molar-refractivity contribution in [2.75, 3.05) is 70.1 Å². The smallest absolute Gasteiger partial charge is 0.250 e. The van der Waals surface area contributed by atoms with E-state index < -0.39 is 10.0 Å². The van der Waals surface area contributed by atoms with Gasteiger partial charge in [-0.25, -0.2) is 8.42 Å². The van der Waals surface area contributed by atoms with Crippen molar-refractivity contribution in [1.82, 2.24) is 34.3 Å². The van der Waals surface area contributed by atoms with Crippen molar-refractivity contribution in [1.29, 1.82) is 0 Å². The van der Waals surface area contributed by atoms with Gasteiger partial charge in [-0.05, 0) is 22.6 Å². The molecule has 11 nitrogen and oxygen atoms in total. The maximum absolute atomic E-state index is 12.6. The maximum Gasteiger partial charge on any atom is 0.250 e. The summed E-state index contributed by atoms with van der Waals surface area (Å²) in [7, 11) is -3.19. The minimum atomic E-state index is -3.19.